The molecule has 0 aliphatic carbocycles. The van der Waals surface area contributed by atoms with E-state index in [2.05, 4.69) is 15.9 Å². The highest BCUT2D eigenvalue weighted by molar-refractivity contribution is 9.10. The highest BCUT2D eigenvalue weighted by Gasteiger charge is 2.19. The van der Waals surface area contributed by atoms with Gasteiger partial charge in [-0.1, -0.05) is 12.2 Å². The number of halogens is 1. The van der Waals surface area contributed by atoms with Gasteiger partial charge in [-0.3, -0.25) is 4.79 Å². The molecule has 0 saturated heterocycles. The molecule has 68 valence electrons. The van der Waals surface area contributed by atoms with Gasteiger partial charge < -0.3 is 9.32 Å². The molecule has 0 aromatic carbocycles. The van der Waals surface area contributed by atoms with Crippen LogP contribution in [0.5, 0.6) is 0 Å². The summed E-state index contributed by atoms with van der Waals surface area (Å²) < 4.78 is 5.50. The van der Waals surface area contributed by atoms with Crippen LogP contribution in [0, 0.1) is 0 Å². The molecular weight excluding hydrogens is 234 g/mol. The van der Waals surface area contributed by atoms with Crippen molar-refractivity contribution in [2.75, 3.05) is 13.1 Å². The van der Waals surface area contributed by atoms with Crippen LogP contribution in [0.15, 0.2) is 33.6 Å². The van der Waals surface area contributed by atoms with Gasteiger partial charge in [-0.25, -0.2) is 0 Å². The molecule has 0 unspecified atom stereocenters. The maximum absolute atomic E-state index is 11.7. The highest BCUT2D eigenvalue weighted by Crippen LogP contribution is 2.20. The van der Waals surface area contributed by atoms with E-state index in [1.54, 1.807) is 11.0 Å². The Kier molecular flexibility index (Phi) is 2.22. The minimum absolute atomic E-state index is 0.00521. The van der Waals surface area contributed by atoms with E-state index >= 15 is 0 Å². The normalized spacial score (nSPS) is 15.3. The second-order valence-electron chi connectivity index (χ2n) is 2.79. The molecule has 0 atom stereocenters. The number of hydrogen-bond acceptors (Lipinski definition) is 2. The molecule has 1 amide bonds. The highest BCUT2D eigenvalue weighted by atomic mass is 79.9. The van der Waals surface area contributed by atoms with Crippen molar-refractivity contribution in [3.8, 4) is 0 Å². The standard InChI is InChI=1S/C9H8BrNO2/c10-8-7(3-6-13-8)9(12)11-4-1-2-5-11/h1-3,6H,4-5H2. The Morgan fingerprint density at radius 3 is 2.69 bits per heavy atom. The van der Waals surface area contributed by atoms with Gasteiger partial charge in [0.2, 0.25) is 0 Å². The molecule has 3 nitrogen and oxygen atoms in total. The van der Waals surface area contributed by atoms with Crippen molar-refractivity contribution in [1.29, 1.82) is 0 Å². The summed E-state index contributed by atoms with van der Waals surface area (Å²) in [6.45, 7) is 1.38. The summed E-state index contributed by atoms with van der Waals surface area (Å²) in [4.78, 5) is 13.5. The van der Waals surface area contributed by atoms with Gasteiger partial charge in [0.05, 0.1) is 11.8 Å². The molecule has 4 heteroatoms. The first-order valence-electron chi connectivity index (χ1n) is 3.96. The number of carbonyl (C=O) groups is 1. The van der Waals surface area contributed by atoms with Crippen LogP contribution < -0.4 is 0 Å². The largest absolute Gasteiger partial charge is 0.457 e. The quantitative estimate of drug-likeness (QED) is 0.706. The summed E-state index contributed by atoms with van der Waals surface area (Å²) in [6.07, 6.45) is 5.46. The molecule has 1 aromatic heterocycles. The fourth-order valence-electron chi connectivity index (χ4n) is 1.26. The zero-order valence-electron chi connectivity index (χ0n) is 6.87. The molecule has 1 aliphatic heterocycles. The molecule has 2 rings (SSSR count). The molecule has 0 radical (unpaired) electrons. The number of rotatable bonds is 1. The summed E-state index contributed by atoms with van der Waals surface area (Å²) in [7, 11) is 0. The number of amides is 1. The molecule has 0 N–H and O–H groups in total. The number of furan rings is 1. The molecule has 13 heavy (non-hydrogen) atoms. The van der Waals surface area contributed by atoms with Gasteiger partial charge in [0.25, 0.3) is 5.91 Å². The summed E-state index contributed by atoms with van der Waals surface area (Å²) in [5, 5.41) is 0. The van der Waals surface area contributed by atoms with Gasteiger partial charge in [0.15, 0.2) is 4.67 Å². The molecule has 1 aromatic rings. The minimum Gasteiger partial charge on any atom is -0.457 e. The third-order valence-electron chi connectivity index (χ3n) is 1.95. The van der Waals surface area contributed by atoms with Crippen molar-refractivity contribution in [1.82, 2.24) is 4.90 Å². The van der Waals surface area contributed by atoms with Crippen LogP contribution in [0.25, 0.3) is 0 Å². The Morgan fingerprint density at radius 2 is 2.15 bits per heavy atom. The summed E-state index contributed by atoms with van der Waals surface area (Å²) in [5.74, 6) is 0.00521. The van der Waals surface area contributed by atoms with E-state index in [0.717, 1.165) is 0 Å². The molecule has 2 heterocycles. The number of carbonyl (C=O) groups excluding carboxylic acids is 1. The van der Waals surface area contributed by atoms with Crippen LogP contribution in [0.1, 0.15) is 10.4 Å². The Morgan fingerprint density at radius 1 is 1.46 bits per heavy atom. The zero-order valence-corrected chi connectivity index (χ0v) is 8.45. The zero-order chi connectivity index (χ0) is 9.26. The average molecular weight is 242 g/mol. The average Bonchev–Trinajstić information content (AvgIpc) is 2.72. The predicted molar refractivity (Wildman–Crippen MR) is 51.5 cm³/mol. The van der Waals surface area contributed by atoms with Crippen molar-refractivity contribution < 1.29 is 9.21 Å². The van der Waals surface area contributed by atoms with Crippen molar-refractivity contribution >= 4 is 21.8 Å². The van der Waals surface area contributed by atoms with Crippen LogP contribution in [-0.2, 0) is 0 Å². The first kappa shape index (κ1) is 8.56. The van der Waals surface area contributed by atoms with Crippen molar-refractivity contribution in [3.05, 3.63) is 34.7 Å². The lowest BCUT2D eigenvalue weighted by atomic mass is 10.3. The van der Waals surface area contributed by atoms with Crippen molar-refractivity contribution in [3.63, 3.8) is 0 Å². The molecule has 0 bridgehead atoms. The van der Waals surface area contributed by atoms with Crippen LogP contribution in [0.2, 0.25) is 0 Å². The lowest BCUT2D eigenvalue weighted by Crippen LogP contribution is -2.27. The molecule has 0 fully saturated rings. The molecule has 0 spiro atoms. The fraction of sp³-hybridized carbons (Fsp3) is 0.222. The van der Waals surface area contributed by atoms with E-state index in [4.69, 9.17) is 4.42 Å². The number of hydrogen-bond donors (Lipinski definition) is 0. The first-order chi connectivity index (χ1) is 6.29. The monoisotopic (exact) mass is 241 g/mol. The predicted octanol–water partition coefficient (Wildman–Crippen LogP) is 2.05. The van der Waals surface area contributed by atoms with Gasteiger partial charge in [0.1, 0.15) is 0 Å². The Balaban J connectivity index is 2.18. The van der Waals surface area contributed by atoms with E-state index in [0.29, 0.717) is 23.3 Å². The Labute approximate surface area is 84.1 Å². The van der Waals surface area contributed by atoms with E-state index in [9.17, 15) is 4.79 Å². The van der Waals surface area contributed by atoms with Gasteiger partial charge in [-0.2, -0.15) is 0 Å². The number of nitrogens with zero attached hydrogens (tertiary/aromatic N) is 1. The summed E-state index contributed by atoms with van der Waals surface area (Å²) in [6, 6.07) is 1.67. The maximum atomic E-state index is 11.7. The van der Waals surface area contributed by atoms with Crippen molar-refractivity contribution in [2.24, 2.45) is 0 Å². The smallest absolute Gasteiger partial charge is 0.258 e. The summed E-state index contributed by atoms with van der Waals surface area (Å²) >= 11 is 3.18. The van der Waals surface area contributed by atoms with Gasteiger partial charge in [-0.15, -0.1) is 0 Å². The third-order valence-corrected chi connectivity index (χ3v) is 2.57. The van der Waals surface area contributed by atoms with Crippen LogP contribution in [0.3, 0.4) is 0 Å². The summed E-state index contributed by atoms with van der Waals surface area (Å²) in [5.41, 5.74) is 0.587. The Hall–Kier alpha value is -1.03. The second kappa shape index (κ2) is 3.38. The first-order valence-corrected chi connectivity index (χ1v) is 4.75. The third kappa shape index (κ3) is 1.54. The van der Waals surface area contributed by atoms with Gasteiger partial charge in [0, 0.05) is 13.1 Å². The lowest BCUT2D eigenvalue weighted by molar-refractivity contribution is 0.0798. The SMILES string of the molecule is O=C(c1ccoc1Br)N1CC=CC1. The van der Waals surface area contributed by atoms with E-state index in [1.807, 2.05) is 12.2 Å². The van der Waals surface area contributed by atoms with Crippen LogP contribution >= 0.6 is 15.9 Å². The maximum Gasteiger partial charge on any atom is 0.258 e. The minimum atomic E-state index is 0.00521. The van der Waals surface area contributed by atoms with Crippen LogP contribution in [0.4, 0.5) is 0 Å². The van der Waals surface area contributed by atoms with Crippen molar-refractivity contribution in [2.45, 2.75) is 0 Å². The van der Waals surface area contributed by atoms with Gasteiger partial charge >= 0.3 is 0 Å². The van der Waals surface area contributed by atoms with Crippen LogP contribution in [-0.4, -0.2) is 23.9 Å². The van der Waals surface area contributed by atoms with E-state index < -0.39 is 0 Å². The molecular formula is C9H8BrNO2. The second-order valence-corrected chi connectivity index (χ2v) is 3.51. The van der Waals surface area contributed by atoms with Gasteiger partial charge in [-0.05, 0) is 22.0 Å². The topological polar surface area (TPSA) is 33.5 Å². The molecule has 1 aliphatic rings. The van der Waals surface area contributed by atoms with E-state index in [1.165, 1.54) is 6.26 Å². The molecule has 0 saturated carbocycles. The van der Waals surface area contributed by atoms with E-state index in [-0.39, 0.29) is 5.91 Å². The Bertz CT molecular complexity index is 348. The fourth-order valence-corrected chi connectivity index (χ4v) is 1.67. The lowest BCUT2D eigenvalue weighted by Gasteiger charge is -2.13.